The van der Waals surface area contributed by atoms with Crippen molar-refractivity contribution in [3.63, 3.8) is 0 Å². The maximum atomic E-state index is 2.47. The van der Waals surface area contributed by atoms with Gasteiger partial charge in [-0.1, -0.05) is 164 Å². The van der Waals surface area contributed by atoms with Crippen molar-refractivity contribution in [2.24, 2.45) is 0 Å². The average molecular weight is 523 g/mol. The van der Waals surface area contributed by atoms with Crippen molar-refractivity contribution in [3.8, 4) is 11.1 Å². The summed E-state index contributed by atoms with van der Waals surface area (Å²) in [5.74, 6) is 0. The first kappa shape index (κ1) is 24.5. The van der Waals surface area contributed by atoms with Crippen LogP contribution in [0.15, 0.2) is 170 Å². The number of rotatable bonds is 7. The Morgan fingerprint density at radius 3 is 1.00 bits per heavy atom. The fourth-order valence-electron chi connectivity index (χ4n) is 4.86. The zero-order chi connectivity index (χ0) is 25.6. The van der Waals surface area contributed by atoms with Crippen LogP contribution in [0.3, 0.4) is 0 Å². The van der Waals surface area contributed by atoms with E-state index in [4.69, 9.17) is 0 Å². The molecule has 6 aromatic rings. The Bertz CT molecular complexity index is 1500. The third-order valence-corrected chi connectivity index (χ3v) is 11.8. The van der Waals surface area contributed by atoms with Crippen molar-refractivity contribution < 1.29 is 0 Å². The molecule has 0 aromatic heterocycles. The van der Waals surface area contributed by atoms with Gasteiger partial charge in [0.15, 0.2) is 0 Å². The molecule has 38 heavy (non-hydrogen) atoms. The first-order valence-corrected chi connectivity index (χ1v) is 15.6. The van der Waals surface area contributed by atoms with Crippen LogP contribution in [0, 0.1) is 0 Å². The normalized spacial score (nSPS) is 11.1. The predicted octanol–water partition coefficient (Wildman–Crippen LogP) is 6.87. The number of hydrogen-bond acceptors (Lipinski definition) is 0. The maximum absolute atomic E-state index is 2.47. The van der Waals surface area contributed by atoms with Gasteiger partial charge < -0.3 is 0 Å². The highest BCUT2D eigenvalue weighted by Crippen LogP contribution is 2.40. The summed E-state index contributed by atoms with van der Waals surface area (Å²) in [6.45, 7) is 0. The second-order valence-electron chi connectivity index (χ2n) is 9.08. The van der Waals surface area contributed by atoms with Crippen molar-refractivity contribution in [3.05, 3.63) is 170 Å². The summed E-state index contributed by atoms with van der Waals surface area (Å²) in [6, 6.07) is 62.1. The fourth-order valence-corrected chi connectivity index (χ4v) is 10.1. The summed E-state index contributed by atoms with van der Waals surface area (Å²) >= 11 is 0. The summed E-state index contributed by atoms with van der Waals surface area (Å²) in [6.07, 6.45) is 0. The van der Waals surface area contributed by atoms with Crippen molar-refractivity contribution in [2.75, 3.05) is 0 Å². The molecular weight excluding hydrogens is 494 g/mol. The van der Waals surface area contributed by atoms with E-state index in [1.54, 1.807) is 0 Å². The summed E-state index contributed by atoms with van der Waals surface area (Å²) in [5.41, 5.74) is 2.51. The molecule has 0 unspecified atom stereocenters. The van der Waals surface area contributed by atoms with E-state index in [1.165, 1.54) is 43.0 Å². The zero-order valence-electron chi connectivity index (χ0n) is 21.1. The summed E-state index contributed by atoms with van der Waals surface area (Å²) < 4.78 is 0. The van der Waals surface area contributed by atoms with Gasteiger partial charge in [0.1, 0.15) is 0 Å². The molecule has 0 aliphatic rings. The first-order chi connectivity index (χ1) is 18.9. The molecule has 0 saturated heterocycles. The molecule has 0 nitrogen and oxygen atoms in total. The molecule has 2 heteroatoms. The van der Waals surface area contributed by atoms with E-state index in [0.29, 0.717) is 0 Å². The molecule has 0 saturated carbocycles. The zero-order valence-corrected chi connectivity index (χ0v) is 22.8. The molecule has 0 amide bonds. The Kier molecular flexibility index (Phi) is 7.55. The first-order valence-electron chi connectivity index (χ1n) is 12.9. The van der Waals surface area contributed by atoms with E-state index in [1.807, 2.05) is 0 Å². The smallest absolute Gasteiger partial charge is 0.00614 e. The second-order valence-corrected chi connectivity index (χ2v) is 13.5. The van der Waals surface area contributed by atoms with E-state index in [2.05, 4.69) is 170 Å². The monoisotopic (exact) mass is 522 g/mol. The highest BCUT2D eigenvalue weighted by atomic mass is 31.1. The molecule has 0 atom stereocenters. The van der Waals surface area contributed by atoms with Gasteiger partial charge in [0, 0.05) is 0 Å². The van der Waals surface area contributed by atoms with Crippen LogP contribution in [0.1, 0.15) is 0 Å². The van der Waals surface area contributed by atoms with Gasteiger partial charge in [-0.05, 0) is 64.9 Å². The molecule has 0 bridgehead atoms. The van der Waals surface area contributed by atoms with Crippen LogP contribution < -0.4 is 31.8 Å². The van der Waals surface area contributed by atoms with Crippen molar-refractivity contribution in [1.82, 2.24) is 0 Å². The van der Waals surface area contributed by atoms with Crippen LogP contribution in [0.25, 0.3) is 11.1 Å². The minimum atomic E-state index is -0.770. The maximum Gasteiger partial charge on any atom is -0.00614 e. The Morgan fingerprint density at radius 1 is 0.263 bits per heavy atom. The minimum absolute atomic E-state index is 0.745. The van der Waals surface area contributed by atoms with Gasteiger partial charge in [0.05, 0.1) is 0 Å². The van der Waals surface area contributed by atoms with Gasteiger partial charge >= 0.3 is 0 Å². The molecule has 0 aliphatic heterocycles. The van der Waals surface area contributed by atoms with Gasteiger partial charge in [-0.25, -0.2) is 0 Å². The molecule has 0 aliphatic carbocycles. The fraction of sp³-hybridized carbons (Fsp3) is 0. The lowest BCUT2D eigenvalue weighted by Gasteiger charge is -2.28. The van der Waals surface area contributed by atoms with Gasteiger partial charge in [0.25, 0.3) is 0 Å². The van der Waals surface area contributed by atoms with Crippen LogP contribution in [0.5, 0.6) is 0 Å². The van der Waals surface area contributed by atoms with Crippen LogP contribution in [-0.4, -0.2) is 0 Å². The molecule has 6 aromatic carbocycles. The van der Waals surface area contributed by atoms with Crippen LogP contribution in [-0.2, 0) is 0 Å². The molecule has 6 rings (SSSR count). The van der Waals surface area contributed by atoms with E-state index in [9.17, 15) is 0 Å². The molecule has 0 fully saturated rings. The largest absolute Gasteiger partial charge is 0.0622 e. The van der Waals surface area contributed by atoms with Crippen molar-refractivity contribution in [2.45, 2.75) is 0 Å². The predicted molar refractivity (Wildman–Crippen MR) is 169 cm³/mol. The van der Waals surface area contributed by atoms with Crippen molar-refractivity contribution in [1.29, 1.82) is 0 Å². The van der Waals surface area contributed by atoms with E-state index < -0.39 is 15.8 Å². The molecule has 0 radical (unpaired) electrons. The lowest BCUT2D eigenvalue weighted by Crippen LogP contribution is -2.34. The lowest BCUT2D eigenvalue weighted by molar-refractivity contribution is 1.65. The summed E-state index contributed by atoms with van der Waals surface area (Å²) in [5, 5.41) is 8.35. The Hall–Kier alpha value is -3.82. The highest BCUT2D eigenvalue weighted by molar-refractivity contribution is 7.85. The number of benzene rings is 6. The lowest BCUT2D eigenvalue weighted by atomic mass is 10.1. The SMILES string of the molecule is c1ccc(-c2ccc(P(c3ccccc3)c3ccccc3)c(P(c3ccccc3)c3ccccc3)c2)cc1. The van der Waals surface area contributed by atoms with E-state index in [0.717, 1.165) is 0 Å². The highest BCUT2D eigenvalue weighted by Gasteiger charge is 2.26. The van der Waals surface area contributed by atoms with Crippen LogP contribution >= 0.6 is 15.8 Å². The molecule has 0 heterocycles. The van der Waals surface area contributed by atoms with Crippen LogP contribution in [0.4, 0.5) is 0 Å². The summed E-state index contributed by atoms with van der Waals surface area (Å²) in [4.78, 5) is 0. The average Bonchev–Trinajstić information content (AvgIpc) is 3.01. The Balaban J connectivity index is 1.65. The Morgan fingerprint density at radius 2 is 0.605 bits per heavy atom. The van der Waals surface area contributed by atoms with Gasteiger partial charge in [-0.2, -0.15) is 0 Å². The van der Waals surface area contributed by atoms with Gasteiger partial charge in [-0.15, -0.1) is 0 Å². The van der Waals surface area contributed by atoms with Gasteiger partial charge in [0.2, 0.25) is 0 Å². The standard InChI is InChI=1S/C36H28P2/c1-6-16-29(17-7-1)30-26-27-35(37(31-18-8-2-9-19-31)32-20-10-3-11-21-32)36(28-30)38(33-22-12-4-13-23-33)34-24-14-5-15-25-34/h1-28H. The molecule has 182 valence electrons. The molecule has 0 N–H and O–H groups in total. The van der Waals surface area contributed by atoms with E-state index in [-0.39, 0.29) is 0 Å². The second kappa shape index (κ2) is 11.7. The van der Waals surface area contributed by atoms with Crippen LogP contribution in [0.2, 0.25) is 0 Å². The quantitative estimate of drug-likeness (QED) is 0.201. The third-order valence-electron chi connectivity index (χ3n) is 6.62. The minimum Gasteiger partial charge on any atom is -0.0622 e. The Labute approximate surface area is 228 Å². The topological polar surface area (TPSA) is 0 Å². The van der Waals surface area contributed by atoms with Gasteiger partial charge in [-0.3, -0.25) is 0 Å². The van der Waals surface area contributed by atoms with Crippen molar-refractivity contribution >= 4 is 47.7 Å². The van der Waals surface area contributed by atoms with E-state index >= 15 is 0 Å². The third kappa shape index (κ3) is 5.25. The number of hydrogen-bond donors (Lipinski definition) is 0. The summed E-state index contributed by atoms with van der Waals surface area (Å²) in [7, 11) is -1.52. The molecular formula is C36H28P2. The molecule has 0 spiro atoms.